The van der Waals surface area contributed by atoms with Crippen LogP contribution in [-0.4, -0.2) is 15.9 Å². The highest BCUT2D eigenvalue weighted by atomic mass is 16.5. The van der Waals surface area contributed by atoms with Crippen LogP contribution in [0, 0.1) is 0 Å². The quantitative estimate of drug-likeness (QED) is 0.829. The zero-order valence-electron chi connectivity index (χ0n) is 9.49. The minimum absolute atomic E-state index is 0.0616. The molecule has 0 bridgehead atoms. The number of fused-ring (bicyclic) bond motifs is 1. The minimum Gasteiger partial charge on any atom is -0.364 e. The summed E-state index contributed by atoms with van der Waals surface area (Å²) in [4.78, 5) is 19.1. The summed E-state index contributed by atoms with van der Waals surface area (Å²) in [6.45, 7) is 4.58. The first-order chi connectivity index (χ1) is 7.57. The van der Waals surface area contributed by atoms with Gasteiger partial charge in [0.2, 0.25) is 5.82 Å². The topological polar surface area (TPSA) is 78.1 Å². The van der Waals surface area contributed by atoms with Gasteiger partial charge in [-0.1, -0.05) is 13.3 Å². The molecule has 2 heterocycles. The maximum absolute atomic E-state index is 11.0. The van der Waals surface area contributed by atoms with Crippen LogP contribution in [0.4, 0.5) is 0 Å². The normalized spacial score (nSPS) is 23.1. The fourth-order valence-electron chi connectivity index (χ4n) is 2.06. The Bertz CT molecular complexity index is 429. The van der Waals surface area contributed by atoms with Gasteiger partial charge in [0.25, 0.3) is 5.91 Å². The highest BCUT2D eigenvalue weighted by Gasteiger charge is 2.37. The second-order valence-electron chi connectivity index (χ2n) is 4.20. The van der Waals surface area contributed by atoms with Crippen molar-refractivity contribution in [1.29, 1.82) is 0 Å². The van der Waals surface area contributed by atoms with Gasteiger partial charge in [-0.3, -0.25) is 4.79 Å². The number of ether oxygens (including phenoxy) is 1. The molecule has 1 aliphatic heterocycles. The SMILES string of the molecule is CCC[C@]1(C)OCc2cnc(C(N)=O)nc21. The Hall–Kier alpha value is -1.49. The van der Waals surface area contributed by atoms with Crippen molar-refractivity contribution in [2.75, 3.05) is 0 Å². The van der Waals surface area contributed by atoms with Crippen molar-refractivity contribution in [2.24, 2.45) is 5.73 Å². The lowest BCUT2D eigenvalue weighted by Crippen LogP contribution is -2.24. The number of aromatic nitrogens is 2. The highest BCUT2D eigenvalue weighted by Crippen LogP contribution is 2.37. The molecule has 0 fully saturated rings. The number of rotatable bonds is 3. The number of primary amides is 1. The predicted octanol–water partition coefficient (Wildman–Crippen LogP) is 1.12. The molecule has 2 rings (SSSR count). The number of nitrogens with two attached hydrogens (primary N) is 1. The van der Waals surface area contributed by atoms with Gasteiger partial charge in [0.1, 0.15) is 5.60 Å². The predicted molar refractivity (Wildman–Crippen MR) is 57.6 cm³/mol. The summed E-state index contributed by atoms with van der Waals surface area (Å²) in [6, 6.07) is 0. The largest absolute Gasteiger partial charge is 0.364 e. The number of hydrogen-bond donors (Lipinski definition) is 1. The molecule has 0 aromatic carbocycles. The van der Waals surface area contributed by atoms with Gasteiger partial charge in [-0.25, -0.2) is 9.97 Å². The van der Waals surface area contributed by atoms with Crippen LogP contribution in [0.5, 0.6) is 0 Å². The monoisotopic (exact) mass is 221 g/mol. The summed E-state index contributed by atoms with van der Waals surface area (Å²) in [6.07, 6.45) is 3.49. The summed E-state index contributed by atoms with van der Waals surface area (Å²) in [5.74, 6) is -0.542. The van der Waals surface area contributed by atoms with Crippen LogP contribution in [0.2, 0.25) is 0 Å². The van der Waals surface area contributed by atoms with Crippen molar-refractivity contribution >= 4 is 5.91 Å². The van der Waals surface area contributed by atoms with Crippen LogP contribution in [0.1, 0.15) is 48.6 Å². The molecule has 5 nitrogen and oxygen atoms in total. The van der Waals surface area contributed by atoms with E-state index >= 15 is 0 Å². The summed E-state index contributed by atoms with van der Waals surface area (Å²) in [7, 11) is 0. The van der Waals surface area contributed by atoms with Crippen LogP contribution in [-0.2, 0) is 16.9 Å². The number of hydrogen-bond acceptors (Lipinski definition) is 4. The molecule has 1 atom stereocenters. The molecule has 0 saturated carbocycles. The van der Waals surface area contributed by atoms with Crippen LogP contribution >= 0.6 is 0 Å². The second-order valence-corrected chi connectivity index (χ2v) is 4.20. The Balaban J connectivity index is 2.44. The lowest BCUT2D eigenvalue weighted by Gasteiger charge is -2.22. The third-order valence-corrected chi connectivity index (χ3v) is 2.86. The van der Waals surface area contributed by atoms with E-state index in [2.05, 4.69) is 16.9 Å². The molecule has 2 N–H and O–H groups in total. The van der Waals surface area contributed by atoms with E-state index in [1.807, 2.05) is 6.92 Å². The first kappa shape index (κ1) is 11.0. The van der Waals surface area contributed by atoms with Gasteiger partial charge in [-0.15, -0.1) is 0 Å². The van der Waals surface area contributed by atoms with Gasteiger partial charge in [0.15, 0.2) is 0 Å². The van der Waals surface area contributed by atoms with Gasteiger partial charge < -0.3 is 10.5 Å². The average Bonchev–Trinajstić information content (AvgIpc) is 2.57. The van der Waals surface area contributed by atoms with Crippen molar-refractivity contribution in [1.82, 2.24) is 9.97 Å². The van der Waals surface area contributed by atoms with E-state index in [1.54, 1.807) is 6.20 Å². The highest BCUT2D eigenvalue weighted by molar-refractivity contribution is 5.88. The summed E-state index contributed by atoms with van der Waals surface area (Å²) in [5.41, 5.74) is 6.51. The molecule has 0 unspecified atom stereocenters. The molecule has 0 saturated heterocycles. The van der Waals surface area contributed by atoms with Crippen molar-refractivity contribution in [3.8, 4) is 0 Å². The van der Waals surface area contributed by atoms with E-state index in [1.165, 1.54) is 0 Å². The number of amides is 1. The standard InChI is InChI=1S/C11H15N3O2/c1-3-4-11(2)8-7(6-16-11)5-13-10(14-8)9(12)15/h5H,3-4,6H2,1-2H3,(H2,12,15)/t11-/m0/s1. The molecular weight excluding hydrogens is 206 g/mol. The third-order valence-electron chi connectivity index (χ3n) is 2.86. The number of carbonyl (C=O) groups is 1. The van der Waals surface area contributed by atoms with Gasteiger partial charge in [0.05, 0.1) is 12.3 Å². The molecule has 1 amide bonds. The van der Waals surface area contributed by atoms with Crippen molar-refractivity contribution in [2.45, 2.75) is 38.9 Å². The fourth-order valence-corrected chi connectivity index (χ4v) is 2.06. The van der Waals surface area contributed by atoms with Gasteiger partial charge in [-0.05, 0) is 13.3 Å². The lowest BCUT2D eigenvalue weighted by atomic mass is 9.95. The molecule has 1 aromatic heterocycles. The summed E-state index contributed by atoms with van der Waals surface area (Å²) >= 11 is 0. The third kappa shape index (κ3) is 1.67. The molecule has 16 heavy (non-hydrogen) atoms. The van der Waals surface area contributed by atoms with Crippen LogP contribution in [0.3, 0.4) is 0 Å². The van der Waals surface area contributed by atoms with Gasteiger partial charge in [-0.2, -0.15) is 0 Å². The van der Waals surface area contributed by atoms with Crippen molar-refractivity contribution < 1.29 is 9.53 Å². The van der Waals surface area contributed by atoms with E-state index in [0.29, 0.717) is 6.61 Å². The van der Waals surface area contributed by atoms with E-state index in [0.717, 1.165) is 24.1 Å². The molecule has 86 valence electrons. The molecular formula is C11H15N3O2. The van der Waals surface area contributed by atoms with E-state index < -0.39 is 11.5 Å². The summed E-state index contributed by atoms with van der Waals surface area (Å²) < 4.78 is 5.73. The van der Waals surface area contributed by atoms with Gasteiger partial charge in [0, 0.05) is 11.8 Å². The van der Waals surface area contributed by atoms with Crippen LogP contribution < -0.4 is 5.73 Å². The van der Waals surface area contributed by atoms with E-state index in [4.69, 9.17) is 10.5 Å². The molecule has 1 aromatic rings. The molecule has 0 aliphatic carbocycles. The molecule has 1 aliphatic rings. The second kappa shape index (κ2) is 3.83. The Labute approximate surface area is 94.0 Å². The Kier molecular flexibility index (Phi) is 2.63. The smallest absolute Gasteiger partial charge is 0.286 e. The lowest BCUT2D eigenvalue weighted by molar-refractivity contribution is -0.0322. The first-order valence-electron chi connectivity index (χ1n) is 5.37. The zero-order valence-corrected chi connectivity index (χ0v) is 9.49. The molecule has 5 heteroatoms. The Morgan fingerprint density at radius 2 is 2.44 bits per heavy atom. The van der Waals surface area contributed by atoms with Crippen molar-refractivity contribution in [3.63, 3.8) is 0 Å². The van der Waals surface area contributed by atoms with Crippen molar-refractivity contribution in [3.05, 3.63) is 23.3 Å². The number of nitrogens with zero attached hydrogens (tertiary/aromatic N) is 2. The fraction of sp³-hybridized carbons (Fsp3) is 0.545. The molecule has 0 radical (unpaired) electrons. The van der Waals surface area contributed by atoms with Crippen LogP contribution in [0.25, 0.3) is 0 Å². The number of carbonyl (C=O) groups excluding carboxylic acids is 1. The van der Waals surface area contributed by atoms with Crippen LogP contribution in [0.15, 0.2) is 6.20 Å². The van der Waals surface area contributed by atoms with Gasteiger partial charge >= 0.3 is 0 Å². The Morgan fingerprint density at radius 3 is 3.06 bits per heavy atom. The average molecular weight is 221 g/mol. The zero-order chi connectivity index (χ0) is 11.8. The maximum atomic E-state index is 11.0. The molecule has 0 spiro atoms. The van der Waals surface area contributed by atoms with E-state index in [9.17, 15) is 4.79 Å². The van der Waals surface area contributed by atoms with E-state index in [-0.39, 0.29) is 5.82 Å². The minimum atomic E-state index is -0.603. The first-order valence-corrected chi connectivity index (χ1v) is 5.37. The summed E-state index contributed by atoms with van der Waals surface area (Å²) in [5, 5.41) is 0. The maximum Gasteiger partial charge on any atom is 0.286 e. The Morgan fingerprint density at radius 1 is 1.69 bits per heavy atom.